The van der Waals surface area contributed by atoms with Crippen LogP contribution in [0.25, 0.3) is 17.2 Å². The summed E-state index contributed by atoms with van der Waals surface area (Å²) in [5.41, 5.74) is 5.75. The predicted octanol–water partition coefficient (Wildman–Crippen LogP) is 3.98. The Balaban J connectivity index is 1.36. The molecule has 0 N–H and O–H groups in total. The number of carbonyl (C=O) groups is 1. The van der Waals surface area contributed by atoms with Crippen LogP contribution in [0, 0.1) is 6.92 Å². The first-order valence-electron chi connectivity index (χ1n) is 11.3. The Labute approximate surface area is 193 Å². The van der Waals surface area contributed by atoms with E-state index in [9.17, 15) is 4.79 Å². The third-order valence-electron chi connectivity index (χ3n) is 6.34. The van der Waals surface area contributed by atoms with Crippen molar-refractivity contribution >= 4 is 12.0 Å². The van der Waals surface area contributed by atoms with E-state index in [1.807, 2.05) is 55.5 Å². The molecule has 7 heteroatoms. The molecule has 0 saturated carbocycles. The number of piperidine rings is 1. The molecule has 2 aromatic heterocycles. The van der Waals surface area contributed by atoms with Gasteiger partial charge in [0.1, 0.15) is 18.1 Å². The molecule has 1 amide bonds. The van der Waals surface area contributed by atoms with Crippen LogP contribution in [0.1, 0.15) is 35.7 Å². The Bertz CT molecular complexity index is 1230. The molecule has 0 spiro atoms. The van der Waals surface area contributed by atoms with E-state index in [4.69, 9.17) is 14.5 Å². The van der Waals surface area contributed by atoms with E-state index >= 15 is 0 Å². The van der Waals surface area contributed by atoms with E-state index in [2.05, 4.69) is 17.2 Å². The quantitative estimate of drug-likeness (QED) is 0.609. The van der Waals surface area contributed by atoms with Crippen LogP contribution in [0.3, 0.4) is 0 Å². The molecule has 0 aliphatic carbocycles. The third kappa shape index (κ3) is 4.35. The van der Waals surface area contributed by atoms with Crippen LogP contribution in [0.4, 0.5) is 0 Å². The van der Waals surface area contributed by atoms with Crippen molar-refractivity contribution in [3.8, 4) is 22.6 Å². The summed E-state index contributed by atoms with van der Waals surface area (Å²) >= 11 is 0. The summed E-state index contributed by atoms with van der Waals surface area (Å²) in [5.74, 6) is 1.76. The fraction of sp³-hybridized carbons (Fsp3) is 0.346. The molecule has 1 saturated heterocycles. The van der Waals surface area contributed by atoms with Crippen LogP contribution in [-0.4, -0.2) is 52.4 Å². The van der Waals surface area contributed by atoms with Crippen molar-refractivity contribution in [1.29, 1.82) is 0 Å². The first-order valence-corrected chi connectivity index (χ1v) is 11.3. The zero-order chi connectivity index (χ0) is 22.9. The summed E-state index contributed by atoms with van der Waals surface area (Å²) in [6.45, 7) is 3.71. The minimum absolute atomic E-state index is 0.0355. The van der Waals surface area contributed by atoms with E-state index in [1.165, 1.54) is 0 Å². The Morgan fingerprint density at radius 1 is 1.21 bits per heavy atom. The van der Waals surface area contributed by atoms with Gasteiger partial charge in [0, 0.05) is 54.8 Å². The van der Waals surface area contributed by atoms with Crippen molar-refractivity contribution < 1.29 is 14.3 Å². The number of hydrogen-bond donors (Lipinski definition) is 0. The van der Waals surface area contributed by atoms with Gasteiger partial charge in [0.25, 0.3) is 5.91 Å². The van der Waals surface area contributed by atoms with Gasteiger partial charge in [-0.05, 0) is 61.7 Å². The summed E-state index contributed by atoms with van der Waals surface area (Å²) in [6.07, 6.45) is 7.78. The van der Waals surface area contributed by atoms with Gasteiger partial charge in [-0.3, -0.25) is 14.5 Å². The first-order chi connectivity index (χ1) is 16.0. The molecular formula is C26H28N4O3. The highest BCUT2D eigenvalue weighted by molar-refractivity contribution is 5.99. The normalized spacial score (nSPS) is 17.7. The lowest BCUT2D eigenvalue weighted by Crippen LogP contribution is -2.41. The summed E-state index contributed by atoms with van der Waals surface area (Å²) in [7, 11) is 3.55. The van der Waals surface area contributed by atoms with Gasteiger partial charge >= 0.3 is 0 Å². The van der Waals surface area contributed by atoms with Crippen molar-refractivity contribution in [3.05, 3.63) is 65.2 Å². The van der Waals surface area contributed by atoms with Gasteiger partial charge in [-0.2, -0.15) is 5.10 Å². The molecule has 170 valence electrons. The number of amides is 1. The summed E-state index contributed by atoms with van der Waals surface area (Å²) in [5, 5.41) is 4.30. The van der Waals surface area contributed by atoms with Crippen LogP contribution >= 0.6 is 0 Å². The molecule has 0 bridgehead atoms. The van der Waals surface area contributed by atoms with Gasteiger partial charge in [0.2, 0.25) is 0 Å². The molecule has 1 atom stereocenters. The van der Waals surface area contributed by atoms with Gasteiger partial charge < -0.3 is 14.4 Å². The van der Waals surface area contributed by atoms with Crippen molar-refractivity contribution in [1.82, 2.24) is 19.7 Å². The van der Waals surface area contributed by atoms with Crippen molar-refractivity contribution in [2.75, 3.05) is 26.8 Å². The fourth-order valence-corrected chi connectivity index (χ4v) is 4.65. The van der Waals surface area contributed by atoms with Crippen LogP contribution in [0.15, 0.2) is 48.3 Å². The number of rotatable bonds is 4. The van der Waals surface area contributed by atoms with E-state index in [-0.39, 0.29) is 18.4 Å². The molecule has 5 rings (SSSR count). The second-order valence-corrected chi connectivity index (χ2v) is 8.78. The second kappa shape index (κ2) is 8.73. The van der Waals surface area contributed by atoms with E-state index in [1.54, 1.807) is 11.8 Å². The predicted molar refractivity (Wildman–Crippen MR) is 126 cm³/mol. The zero-order valence-electron chi connectivity index (χ0n) is 19.2. The molecule has 0 radical (unpaired) electrons. The van der Waals surface area contributed by atoms with Crippen LogP contribution in [0.2, 0.25) is 0 Å². The molecule has 2 aliphatic heterocycles. The molecule has 1 fully saturated rings. The number of pyridine rings is 1. The van der Waals surface area contributed by atoms with E-state index < -0.39 is 0 Å². The monoisotopic (exact) mass is 444 g/mol. The fourth-order valence-electron chi connectivity index (χ4n) is 4.65. The summed E-state index contributed by atoms with van der Waals surface area (Å²) < 4.78 is 13.0. The molecule has 3 aromatic rings. The number of hydrogen-bond acceptors (Lipinski definition) is 5. The number of methoxy groups -OCH3 is 1. The number of nitrogens with zero attached hydrogens (tertiary/aromatic N) is 4. The maximum atomic E-state index is 13.4. The number of benzene rings is 1. The third-order valence-corrected chi connectivity index (χ3v) is 6.34. The zero-order valence-corrected chi connectivity index (χ0v) is 19.2. The number of aryl methyl sites for hydroxylation is 2. The van der Waals surface area contributed by atoms with Gasteiger partial charge in [-0.25, -0.2) is 0 Å². The van der Waals surface area contributed by atoms with Gasteiger partial charge in [0.15, 0.2) is 0 Å². The number of aromatic nitrogens is 3. The molecule has 2 aliphatic rings. The number of fused-ring (bicyclic) bond motifs is 1. The average Bonchev–Trinajstić information content (AvgIpc) is 3.29. The number of likely N-dealkylation sites (tertiary alicyclic amines) is 1. The molecule has 4 heterocycles. The molecule has 33 heavy (non-hydrogen) atoms. The minimum atomic E-state index is 0.0355. The molecule has 1 aromatic carbocycles. The smallest absolute Gasteiger partial charge is 0.253 e. The van der Waals surface area contributed by atoms with Crippen molar-refractivity contribution in [2.45, 2.75) is 25.7 Å². The van der Waals surface area contributed by atoms with Crippen LogP contribution in [-0.2, 0) is 11.8 Å². The lowest BCUT2D eigenvalue weighted by Gasteiger charge is -2.34. The Hall–Kier alpha value is -3.61. The maximum absolute atomic E-state index is 13.4. The topological polar surface area (TPSA) is 69.5 Å². The molecular weight excluding hydrogens is 416 g/mol. The highest BCUT2D eigenvalue weighted by Gasteiger charge is 2.29. The number of carbonyl (C=O) groups excluding carboxylic acids is 1. The van der Waals surface area contributed by atoms with Gasteiger partial charge in [0.05, 0.1) is 18.9 Å². The lowest BCUT2D eigenvalue weighted by atomic mass is 9.92. The van der Waals surface area contributed by atoms with E-state index in [0.717, 1.165) is 59.0 Å². The summed E-state index contributed by atoms with van der Waals surface area (Å²) in [4.78, 5) is 20.1. The maximum Gasteiger partial charge on any atom is 0.253 e. The van der Waals surface area contributed by atoms with E-state index in [0.29, 0.717) is 12.1 Å². The Kier molecular flexibility index (Phi) is 5.62. The van der Waals surface area contributed by atoms with Crippen LogP contribution in [0.5, 0.6) is 11.5 Å². The summed E-state index contributed by atoms with van der Waals surface area (Å²) in [6, 6.07) is 9.88. The largest absolute Gasteiger partial charge is 0.497 e. The molecule has 1 unspecified atom stereocenters. The van der Waals surface area contributed by atoms with Gasteiger partial charge in [-0.1, -0.05) is 0 Å². The van der Waals surface area contributed by atoms with Gasteiger partial charge in [-0.15, -0.1) is 0 Å². The highest BCUT2D eigenvalue weighted by Crippen LogP contribution is 2.33. The van der Waals surface area contributed by atoms with Crippen LogP contribution < -0.4 is 9.47 Å². The standard InChI is InChI=1S/C26H28N4O3/c1-17-9-19(22-13-27-29(2)14-22)12-24(28-17)18-5-4-8-30(15-18)26(31)21-10-20-11-23(32-3)6-7-25(20)33-16-21/h6-7,9-14,18H,4-5,8,15-16H2,1-3H3. The Morgan fingerprint density at radius 3 is 2.88 bits per heavy atom. The second-order valence-electron chi connectivity index (χ2n) is 8.78. The first kappa shape index (κ1) is 21.2. The molecule has 7 nitrogen and oxygen atoms in total. The van der Waals surface area contributed by atoms with Crippen molar-refractivity contribution in [3.63, 3.8) is 0 Å². The average molecular weight is 445 g/mol. The van der Waals surface area contributed by atoms with Crippen molar-refractivity contribution in [2.24, 2.45) is 7.05 Å². The Morgan fingerprint density at radius 2 is 2.09 bits per heavy atom. The lowest BCUT2D eigenvalue weighted by molar-refractivity contribution is -0.128. The highest BCUT2D eigenvalue weighted by atomic mass is 16.5. The SMILES string of the molecule is COc1ccc2c(c1)C=C(C(=O)N1CCCC(c3cc(-c4cnn(C)c4)cc(C)n3)C1)CO2. The minimum Gasteiger partial charge on any atom is -0.497 e. The number of ether oxygens (including phenoxy) is 2.